The van der Waals surface area contributed by atoms with Crippen LogP contribution in [0.15, 0.2) is 162 Å². The zero-order valence-corrected chi connectivity index (χ0v) is 32.8. The van der Waals surface area contributed by atoms with Crippen molar-refractivity contribution in [1.82, 2.24) is 9.55 Å². The molecule has 0 atom stereocenters. The number of aromatic nitrogens is 2. The van der Waals surface area contributed by atoms with E-state index in [9.17, 15) is 0 Å². The number of benzene rings is 8. The van der Waals surface area contributed by atoms with Crippen LogP contribution in [0.5, 0.6) is 0 Å². The molecular weight excluding hydrogens is 681 g/mol. The van der Waals surface area contributed by atoms with Gasteiger partial charge in [0.1, 0.15) is 17.0 Å². The SMILES string of the molecule is CC(C)(C)c1ccc(-c2cc(-c3ccccc3)cc(C(C)(C)C)c2-n2c(-c3cccc4c3oc3cc5c(ccc6ccccc65)cc34)nc3ccccc32)cc1. The Labute approximate surface area is 327 Å². The minimum Gasteiger partial charge on any atom is -0.455 e. The van der Waals surface area contributed by atoms with Crippen molar-refractivity contribution in [3.63, 3.8) is 0 Å². The molecule has 2 aromatic heterocycles. The van der Waals surface area contributed by atoms with Gasteiger partial charge in [-0.15, -0.1) is 0 Å². The Morgan fingerprint density at radius 1 is 0.482 bits per heavy atom. The minimum absolute atomic E-state index is 0.0434. The summed E-state index contributed by atoms with van der Waals surface area (Å²) in [4.78, 5) is 5.46. The van der Waals surface area contributed by atoms with Crippen LogP contribution in [0.1, 0.15) is 52.7 Å². The summed E-state index contributed by atoms with van der Waals surface area (Å²) in [6.45, 7) is 13.8. The van der Waals surface area contributed by atoms with E-state index in [1.54, 1.807) is 0 Å². The standard InChI is InChI=1S/C53H44N2O/c1-52(2,3)38-27-25-35(26-28-38)43-30-37(33-15-8-7-9-16-33)31-45(53(4,5)6)49(43)55-47-22-13-12-21-46(47)54-51(55)41-20-14-19-40-44-29-36-24-23-34-17-10-11-18-39(34)42(36)32-48(44)56-50(40)41/h7-32H,1-6H3. The largest absolute Gasteiger partial charge is 0.455 e. The van der Waals surface area contributed by atoms with Crippen molar-refractivity contribution < 1.29 is 4.42 Å². The van der Waals surface area contributed by atoms with E-state index < -0.39 is 0 Å². The number of rotatable bonds is 4. The third-order valence-corrected chi connectivity index (χ3v) is 11.5. The first-order chi connectivity index (χ1) is 27.0. The predicted octanol–water partition coefficient (Wildman–Crippen LogP) is 14.8. The molecule has 0 spiro atoms. The van der Waals surface area contributed by atoms with Crippen molar-refractivity contribution in [2.45, 2.75) is 52.4 Å². The van der Waals surface area contributed by atoms with E-state index in [-0.39, 0.29) is 10.8 Å². The van der Waals surface area contributed by atoms with Crippen LogP contribution in [0, 0.1) is 0 Å². The highest BCUT2D eigenvalue weighted by Gasteiger charge is 2.29. The van der Waals surface area contributed by atoms with Gasteiger partial charge in [0.2, 0.25) is 0 Å². The number of nitrogens with zero attached hydrogens (tertiary/aromatic N) is 2. The maximum atomic E-state index is 6.96. The average molecular weight is 725 g/mol. The van der Waals surface area contributed by atoms with Crippen molar-refractivity contribution in [2.75, 3.05) is 0 Å². The molecule has 0 aliphatic rings. The molecule has 0 radical (unpaired) electrons. The van der Waals surface area contributed by atoms with Gasteiger partial charge in [0.05, 0.1) is 22.3 Å². The highest BCUT2D eigenvalue weighted by Crippen LogP contribution is 2.45. The van der Waals surface area contributed by atoms with Crippen LogP contribution >= 0.6 is 0 Å². The highest BCUT2D eigenvalue weighted by molar-refractivity contribution is 6.17. The van der Waals surface area contributed by atoms with E-state index in [1.807, 2.05) is 0 Å². The third kappa shape index (κ3) is 5.53. The van der Waals surface area contributed by atoms with Gasteiger partial charge >= 0.3 is 0 Å². The Morgan fingerprint density at radius 2 is 1.20 bits per heavy atom. The molecule has 10 aromatic rings. The lowest BCUT2D eigenvalue weighted by molar-refractivity contribution is 0.587. The molecule has 2 heterocycles. The Kier molecular flexibility index (Phi) is 7.63. The van der Waals surface area contributed by atoms with Gasteiger partial charge in [-0.3, -0.25) is 4.57 Å². The maximum Gasteiger partial charge on any atom is 0.149 e. The topological polar surface area (TPSA) is 31.0 Å². The molecule has 0 unspecified atom stereocenters. The number of hydrogen-bond acceptors (Lipinski definition) is 2. The Balaban J connectivity index is 1.30. The van der Waals surface area contributed by atoms with Crippen LogP contribution in [0.4, 0.5) is 0 Å². The average Bonchev–Trinajstić information content (AvgIpc) is 3.77. The fourth-order valence-electron chi connectivity index (χ4n) is 8.52. The summed E-state index contributed by atoms with van der Waals surface area (Å²) in [5, 5.41) is 7.03. The van der Waals surface area contributed by atoms with Gasteiger partial charge in [0, 0.05) is 16.3 Å². The Morgan fingerprint density at radius 3 is 1.98 bits per heavy atom. The first kappa shape index (κ1) is 34.1. The summed E-state index contributed by atoms with van der Waals surface area (Å²) in [5.41, 5.74) is 12.9. The molecule has 272 valence electrons. The van der Waals surface area contributed by atoms with Gasteiger partial charge in [0.25, 0.3) is 0 Å². The molecule has 0 saturated carbocycles. The molecular formula is C53H44N2O. The molecule has 0 fully saturated rings. The van der Waals surface area contributed by atoms with Crippen molar-refractivity contribution in [3.8, 4) is 39.3 Å². The number of para-hydroxylation sites is 3. The highest BCUT2D eigenvalue weighted by atomic mass is 16.3. The quantitative estimate of drug-likeness (QED) is 0.169. The van der Waals surface area contributed by atoms with Gasteiger partial charge in [0.15, 0.2) is 0 Å². The van der Waals surface area contributed by atoms with Gasteiger partial charge < -0.3 is 4.42 Å². The first-order valence-corrected chi connectivity index (χ1v) is 19.6. The van der Waals surface area contributed by atoms with E-state index in [1.165, 1.54) is 49.4 Å². The lowest BCUT2D eigenvalue weighted by Gasteiger charge is -2.28. The molecule has 3 nitrogen and oxygen atoms in total. The van der Waals surface area contributed by atoms with Gasteiger partial charge in [-0.2, -0.15) is 0 Å². The fraction of sp³-hybridized carbons (Fsp3) is 0.151. The zero-order chi connectivity index (χ0) is 38.3. The molecule has 8 aromatic carbocycles. The van der Waals surface area contributed by atoms with Crippen molar-refractivity contribution in [2.24, 2.45) is 0 Å². The zero-order valence-electron chi connectivity index (χ0n) is 32.8. The van der Waals surface area contributed by atoms with E-state index in [4.69, 9.17) is 9.40 Å². The van der Waals surface area contributed by atoms with E-state index >= 15 is 0 Å². The predicted molar refractivity (Wildman–Crippen MR) is 237 cm³/mol. The van der Waals surface area contributed by atoms with Crippen LogP contribution in [0.3, 0.4) is 0 Å². The van der Waals surface area contributed by atoms with Crippen LogP contribution in [-0.4, -0.2) is 9.55 Å². The third-order valence-electron chi connectivity index (χ3n) is 11.5. The number of furan rings is 1. The summed E-state index contributed by atoms with van der Waals surface area (Å²) in [7, 11) is 0. The molecule has 0 saturated heterocycles. The van der Waals surface area contributed by atoms with Crippen LogP contribution in [0.2, 0.25) is 0 Å². The minimum atomic E-state index is -0.211. The second kappa shape index (κ2) is 12.5. The molecule has 0 bridgehead atoms. The molecule has 0 aliphatic heterocycles. The summed E-state index contributed by atoms with van der Waals surface area (Å²) < 4.78 is 9.37. The second-order valence-electron chi connectivity index (χ2n) is 17.3. The van der Waals surface area contributed by atoms with Crippen LogP contribution in [-0.2, 0) is 10.8 Å². The van der Waals surface area contributed by atoms with E-state index in [0.29, 0.717) is 0 Å². The first-order valence-electron chi connectivity index (χ1n) is 19.6. The molecule has 3 heteroatoms. The van der Waals surface area contributed by atoms with Gasteiger partial charge in [-0.05, 0) is 103 Å². The Hall–Kier alpha value is -6.45. The van der Waals surface area contributed by atoms with Crippen molar-refractivity contribution >= 4 is 54.5 Å². The maximum absolute atomic E-state index is 6.96. The van der Waals surface area contributed by atoms with E-state index in [0.717, 1.165) is 55.6 Å². The van der Waals surface area contributed by atoms with Gasteiger partial charge in [-0.25, -0.2) is 4.98 Å². The van der Waals surface area contributed by atoms with E-state index in [2.05, 4.69) is 204 Å². The van der Waals surface area contributed by atoms with Crippen molar-refractivity contribution in [1.29, 1.82) is 0 Å². The normalized spacial score (nSPS) is 12.5. The molecule has 56 heavy (non-hydrogen) atoms. The Bertz CT molecular complexity index is 3130. The molecule has 0 amide bonds. The summed E-state index contributed by atoms with van der Waals surface area (Å²) in [6, 6.07) is 57.3. The summed E-state index contributed by atoms with van der Waals surface area (Å²) in [6.07, 6.45) is 0. The van der Waals surface area contributed by atoms with Crippen LogP contribution in [0.25, 0.3) is 93.8 Å². The number of hydrogen-bond donors (Lipinski definition) is 0. The lowest BCUT2D eigenvalue weighted by Crippen LogP contribution is -2.17. The summed E-state index contributed by atoms with van der Waals surface area (Å²) in [5.74, 6) is 0.858. The second-order valence-corrected chi connectivity index (χ2v) is 17.3. The smallest absolute Gasteiger partial charge is 0.149 e. The summed E-state index contributed by atoms with van der Waals surface area (Å²) >= 11 is 0. The monoisotopic (exact) mass is 724 g/mol. The van der Waals surface area contributed by atoms with Crippen LogP contribution < -0.4 is 0 Å². The van der Waals surface area contributed by atoms with Crippen molar-refractivity contribution in [3.05, 3.63) is 169 Å². The lowest BCUT2D eigenvalue weighted by atomic mass is 9.80. The fourth-order valence-corrected chi connectivity index (χ4v) is 8.52. The molecule has 10 rings (SSSR count). The molecule has 0 N–H and O–H groups in total. The molecule has 0 aliphatic carbocycles. The number of imidazole rings is 1. The number of fused-ring (bicyclic) bond motifs is 7. The van der Waals surface area contributed by atoms with Gasteiger partial charge in [-0.1, -0.05) is 157 Å².